The Bertz CT molecular complexity index is 980. The first-order valence-corrected chi connectivity index (χ1v) is 6.46. The normalized spacial score (nSPS) is 11.0. The van der Waals surface area contributed by atoms with E-state index in [-0.39, 0.29) is 32.7 Å². The third-order valence-electron chi connectivity index (χ3n) is 2.86. The Kier molecular flexibility index (Phi) is 3.15. The summed E-state index contributed by atoms with van der Waals surface area (Å²) < 4.78 is 0.873. The average Bonchev–Trinajstić information content (AvgIpc) is 2.43. The highest BCUT2D eigenvalue weighted by atomic mass is 35.5. The van der Waals surface area contributed by atoms with Crippen molar-refractivity contribution in [1.29, 1.82) is 0 Å². The number of nitrogen functional groups attached to an aromatic ring is 1. The third-order valence-corrected chi connectivity index (χ3v) is 3.46. The number of hydrogen-bond donors (Lipinski definition) is 2. The van der Waals surface area contributed by atoms with Gasteiger partial charge in [-0.15, -0.1) is 0 Å². The van der Waals surface area contributed by atoms with Gasteiger partial charge in [0.15, 0.2) is 0 Å². The number of nitrogens with zero attached hydrogens (tertiary/aromatic N) is 3. The number of halogens is 2. The van der Waals surface area contributed by atoms with Crippen LogP contribution in [0.4, 0.5) is 5.82 Å². The molecule has 3 aromatic heterocycles. The molecule has 0 amide bonds. The van der Waals surface area contributed by atoms with Crippen LogP contribution in [0.15, 0.2) is 34.0 Å². The number of nitrogens with one attached hydrogen (secondary N) is 1. The van der Waals surface area contributed by atoms with Crippen LogP contribution < -0.4 is 17.0 Å². The molecule has 0 atom stereocenters. The molecule has 7 nitrogen and oxygen atoms in total. The minimum absolute atomic E-state index is 0.0198. The van der Waals surface area contributed by atoms with Gasteiger partial charge in [0.2, 0.25) is 0 Å². The predicted octanol–water partition coefficient (Wildman–Crippen LogP) is 1.36. The molecule has 0 spiro atoms. The molecule has 3 N–H and O–H groups in total. The largest absolute Gasteiger partial charge is 0.382 e. The second-order valence-electron chi connectivity index (χ2n) is 4.13. The molecule has 21 heavy (non-hydrogen) atoms. The van der Waals surface area contributed by atoms with Gasteiger partial charge in [-0.05, 0) is 18.2 Å². The molecule has 0 fully saturated rings. The van der Waals surface area contributed by atoms with Crippen molar-refractivity contribution in [2.75, 3.05) is 5.73 Å². The molecule has 0 aliphatic carbocycles. The zero-order valence-electron chi connectivity index (χ0n) is 10.3. The summed E-state index contributed by atoms with van der Waals surface area (Å²) in [4.78, 5) is 34.8. The number of anilines is 1. The SMILES string of the molecule is Nc1nccc(-n2c(=O)[nH]c3nc(Cl)ccc3c2=O)c1Cl. The molecule has 0 bridgehead atoms. The molecular formula is C12H7Cl2N5O2. The van der Waals surface area contributed by atoms with Gasteiger partial charge < -0.3 is 5.73 Å². The highest BCUT2D eigenvalue weighted by Gasteiger charge is 2.14. The van der Waals surface area contributed by atoms with Crippen LogP contribution in [0.5, 0.6) is 0 Å². The highest BCUT2D eigenvalue weighted by molar-refractivity contribution is 6.34. The quantitative estimate of drug-likeness (QED) is 0.657. The molecule has 3 heterocycles. The Morgan fingerprint density at radius 3 is 2.71 bits per heavy atom. The van der Waals surface area contributed by atoms with Crippen molar-refractivity contribution in [3.63, 3.8) is 0 Å². The summed E-state index contributed by atoms with van der Waals surface area (Å²) in [6.07, 6.45) is 1.35. The molecule has 0 aliphatic rings. The van der Waals surface area contributed by atoms with E-state index in [1.54, 1.807) is 0 Å². The van der Waals surface area contributed by atoms with Crippen molar-refractivity contribution < 1.29 is 0 Å². The van der Waals surface area contributed by atoms with E-state index in [2.05, 4.69) is 15.0 Å². The molecule has 0 saturated carbocycles. The van der Waals surface area contributed by atoms with Crippen molar-refractivity contribution in [2.45, 2.75) is 0 Å². The van der Waals surface area contributed by atoms with Gasteiger partial charge in [-0.2, -0.15) is 0 Å². The van der Waals surface area contributed by atoms with Crippen LogP contribution in [-0.4, -0.2) is 19.5 Å². The first-order valence-electron chi connectivity index (χ1n) is 5.71. The van der Waals surface area contributed by atoms with Crippen LogP contribution in [0.3, 0.4) is 0 Å². The lowest BCUT2D eigenvalue weighted by Crippen LogP contribution is -2.34. The number of rotatable bonds is 1. The van der Waals surface area contributed by atoms with Crippen molar-refractivity contribution in [1.82, 2.24) is 19.5 Å². The van der Waals surface area contributed by atoms with Crippen molar-refractivity contribution >= 4 is 40.1 Å². The van der Waals surface area contributed by atoms with Crippen LogP contribution in [0.25, 0.3) is 16.7 Å². The van der Waals surface area contributed by atoms with Gasteiger partial charge in [-0.3, -0.25) is 9.78 Å². The van der Waals surface area contributed by atoms with E-state index in [0.29, 0.717) is 0 Å². The van der Waals surface area contributed by atoms with Crippen molar-refractivity contribution in [3.8, 4) is 5.69 Å². The Morgan fingerprint density at radius 1 is 1.19 bits per heavy atom. The molecule has 9 heteroatoms. The summed E-state index contributed by atoms with van der Waals surface area (Å²) in [6, 6.07) is 4.35. The van der Waals surface area contributed by atoms with Gasteiger partial charge in [0, 0.05) is 6.20 Å². The topological polar surface area (TPSA) is 107 Å². The number of pyridine rings is 2. The maximum Gasteiger partial charge on any atom is 0.334 e. The number of fused-ring (bicyclic) bond motifs is 1. The van der Waals surface area contributed by atoms with E-state index in [1.165, 1.54) is 24.4 Å². The number of aromatic nitrogens is 4. The van der Waals surface area contributed by atoms with Gasteiger partial charge in [0.25, 0.3) is 5.56 Å². The van der Waals surface area contributed by atoms with Crippen molar-refractivity contribution in [3.05, 3.63) is 55.4 Å². The van der Waals surface area contributed by atoms with Gasteiger partial charge >= 0.3 is 5.69 Å². The van der Waals surface area contributed by atoms with E-state index < -0.39 is 11.2 Å². The van der Waals surface area contributed by atoms with E-state index in [9.17, 15) is 9.59 Å². The summed E-state index contributed by atoms with van der Waals surface area (Å²) in [5.41, 5.74) is 4.56. The fraction of sp³-hybridized carbons (Fsp3) is 0. The number of hydrogen-bond acceptors (Lipinski definition) is 5. The predicted molar refractivity (Wildman–Crippen MR) is 80.2 cm³/mol. The Labute approximate surface area is 127 Å². The lowest BCUT2D eigenvalue weighted by Gasteiger charge is -2.08. The van der Waals surface area contributed by atoms with Gasteiger partial charge in [-0.25, -0.2) is 19.3 Å². The van der Waals surface area contributed by atoms with Gasteiger partial charge in [-0.1, -0.05) is 23.2 Å². The summed E-state index contributed by atoms with van der Waals surface area (Å²) in [5.74, 6) is 0.0230. The zero-order valence-corrected chi connectivity index (χ0v) is 11.8. The molecule has 3 aromatic rings. The smallest absolute Gasteiger partial charge is 0.334 e. The number of aromatic amines is 1. The number of H-pyrrole nitrogens is 1. The maximum atomic E-state index is 12.5. The molecular weight excluding hydrogens is 317 g/mol. The van der Waals surface area contributed by atoms with Crippen LogP contribution in [0.2, 0.25) is 10.2 Å². The summed E-state index contributed by atoms with van der Waals surface area (Å²) in [6.45, 7) is 0. The minimum Gasteiger partial charge on any atom is -0.382 e. The first kappa shape index (κ1) is 13.6. The Hall–Kier alpha value is -2.38. The zero-order chi connectivity index (χ0) is 15.1. The molecule has 0 saturated heterocycles. The molecule has 0 radical (unpaired) electrons. The van der Waals surface area contributed by atoms with E-state index >= 15 is 0 Å². The Morgan fingerprint density at radius 2 is 1.95 bits per heavy atom. The van der Waals surface area contributed by atoms with Crippen LogP contribution in [0, 0.1) is 0 Å². The van der Waals surface area contributed by atoms with Crippen LogP contribution >= 0.6 is 23.2 Å². The fourth-order valence-corrected chi connectivity index (χ4v) is 2.26. The van der Waals surface area contributed by atoms with Gasteiger partial charge in [0.1, 0.15) is 21.6 Å². The molecule has 0 aliphatic heterocycles. The molecule has 0 unspecified atom stereocenters. The summed E-state index contributed by atoms with van der Waals surface area (Å²) in [5, 5.41) is 0.387. The van der Waals surface area contributed by atoms with Crippen molar-refractivity contribution in [2.24, 2.45) is 0 Å². The second-order valence-corrected chi connectivity index (χ2v) is 4.90. The molecule has 0 aromatic carbocycles. The average molecular weight is 324 g/mol. The van der Waals surface area contributed by atoms with E-state index in [0.717, 1.165) is 4.57 Å². The lowest BCUT2D eigenvalue weighted by atomic mass is 10.3. The van der Waals surface area contributed by atoms with E-state index in [1.807, 2.05) is 0 Å². The lowest BCUT2D eigenvalue weighted by molar-refractivity contribution is 0.893. The second kappa shape index (κ2) is 4.87. The van der Waals surface area contributed by atoms with Crippen LogP contribution in [0.1, 0.15) is 0 Å². The third kappa shape index (κ3) is 2.16. The van der Waals surface area contributed by atoms with E-state index in [4.69, 9.17) is 28.9 Å². The fourth-order valence-electron chi connectivity index (χ4n) is 1.91. The Balaban J connectivity index is 2.44. The van der Waals surface area contributed by atoms with Gasteiger partial charge in [0.05, 0.1) is 11.1 Å². The molecule has 106 valence electrons. The standard InChI is InChI=1S/C12H7Cl2N5O2/c13-7-2-1-5-10(17-7)18-12(21)19(11(5)20)6-3-4-16-9(15)8(6)14/h1-4H,(H2,15,16)(H,17,18,21). The first-order chi connectivity index (χ1) is 9.99. The highest BCUT2D eigenvalue weighted by Crippen LogP contribution is 2.22. The summed E-state index contributed by atoms with van der Waals surface area (Å²) in [7, 11) is 0. The molecule has 3 rings (SSSR count). The maximum absolute atomic E-state index is 12.5. The minimum atomic E-state index is -0.699. The van der Waals surface area contributed by atoms with Crippen LogP contribution in [-0.2, 0) is 0 Å². The number of nitrogens with two attached hydrogens (primary N) is 1. The monoisotopic (exact) mass is 323 g/mol. The summed E-state index contributed by atoms with van der Waals surface area (Å²) >= 11 is 11.7.